The van der Waals surface area contributed by atoms with Gasteiger partial charge in [-0.1, -0.05) is 25.3 Å². The summed E-state index contributed by atoms with van der Waals surface area (Å²) in [6, 6.07) is 3.89. The Hall–Kier alpha value is -1.02. The van der Waals surface area contributed by atoms with Crippen molar-refractivity contribution in [1.82, 2.24) is 10.6 Å². The summed E-state index contributed by atoms with van der Waals surface area (Å²) in [6.45, 7) is 6.79. The van der Waals surface area contributed by atoms with Crippen molar-refractivity contribution in [3.05, 3.63) is 36.8 Å². The number of ether oxygens (including phenoxy) is 1. The summed E-state index contributed by atoms with van der Waals surface area (Å²) < 4.78 is 11.3. The van der Waals surface area contributed by atoms with Crippen molar-refractivity contribution in [2.75, 3.05) is 26.2 Å². The first-order valence-corrected chi connectivity index (χ1v) is 9.15. The van der Waals surface area contributed by atoms with Crippen LogP contribution in [0.3, 0.4) is 0 Å². The van der Waals surface area contributed by atoms with E-state index in [9.17, 15) is 0 Å². The number of aliphatic imine (C=N–C) groups is 1. The van der Waals surface area contributed by atoms with Crippen LogP contribution in [-0.2, 0) is 11.2 Å². The van der Waals surface area contributed by atoms with Crippen LogP contribution in [0.2, 0.25) is 0 Å². The van der Waals surface area contributed by atoms with Gasteiger partial charge < -0.3 is 19.8 Å². The largest absolute Gasteiger partial charge is 0.469 e. The van der Waals surface area contributed by atoms with Gasteiger partial charge in [0.25, 0.3) is 0 Å². The van der Waals surface area contributed by atoms with Gasteiger partial charge >= 0.3 is 0 Å². The lowest BCUT2D eigenvalue weighted by Gasteiger charge is -2.21. The zero-order valence-electron chi connectivity index (χ0n) is 15.0. The van der Waals surface area contributed by atoms with E-state index in [-0.39, 0.29) is 24.0 Å². The third kappa shape index (κ3) is 9.89. The average Bonchev–Trinajstić information content (AvgIpc) is 3.13. The number of guanidine groups is 1. The molecule has 2 rings (SSSR count). The third-order valence-electron chi connectivity index (χ3n) is 4.14. The zero-order chi connectivity index (χ0) is 16.9. The van der Waals surface area contributed by atoms with E-state index < -0.39 is 0 Å². The molecular weight excluding hydrogens is 429 g/mol. The Bertz CT molecular complexity index is 471. The van der Waals surface area contributed by atoms with Crippen LogP contribution in [0.1, 0.15) is 44.3 Å². The molecule has 0 spiro atoms. The summed E-state index contributed by atoms with van der Waals surface area (Å²) in [5.74, 6) is 1.80. The highest BCUT2D eigenvalue weighted by Gasteiger charge is 2.12. The van der Waals surface area contributed by atoms with E-state index in [1.807, 2.05) is 18.2 Å². The topological polar surface area (TPSA) is 58.8 Å². The number of rotatable bonds is 10. The van der Waals surface area contributed by atoms with Gasteiger partial charge in [0.15, 0.2) is 5.96 Å². The van der Waals surface area contributed by atoms with Gasteiger partial charge in [-0.15, -0.1) is 30.6 Å². The second-order valence-electron chi connectivity index (χ2n) is 6.14. The van der Waals surface area contributed by atoms with E-state index in [1.54, 1.807) is 6.26 Å². The minimum Gasteiger partial charge on any atom is -0.469 e. The minimum absolute atomic E-state index is 0. The molecule has 1 fully saturated rings. The molecule has 1 heterocycles. The van der Waals surface area contributed by atoms with Crippen LogP contribution in [-0.4, -0.2) is 38.3 Å². The molecule has 0 unspecified atom stereocenters. The maximum Gasteiger partial charge on any atom is 0.191 e. The maximum absolute atomic E-state index is 5.94. The molecule has 0 atom stereocenters. The van der Waals surface area contributed by atoms with Gasteiger partial charge in [0.2, 0.25) is 0 Å². The molecule has 0 bridgehead atoms. The maximum atomic E-state index is 5.94. The molecule has 1 aromatic rings. The van der Waals surface area contributed by atoms with Gasteiger partial charge in [-0.25, -0.2) is 0 Å². The highest BCUT2D eigenvalue weighted by atomic mass is 127. The van der Waals surface area contributed by atoms with Crippen LogP contribution in [0.15, 0.2) is 40.5 Å². The molecule has 0 radical (unpaired) electrons. The smallest absolute Gasteiger partial charge is 0.191 e. The van der Waals surface area contributed by atoms with E-state index in [4.69, 9.17) is 9.15 Å². The van der Waals surface area contributed by atoms with Crippen LogP contribution >= 0.6 is 24.0 Å². The Balaban J connectivity index is 0.00000312. The summed E-state index contributed by atoms with van der Waals surface area (Å²) >= 11 is 0. The van der Waals surface area contributed by atoms with Crippen molar-refractivity contribution < 1.29 is 9.15 Å². The van der Waals surface area contributed by atoms with E-state index >= 15 is 0 Å². The van der Waals surface area contributed by atoms with Crippen molar-refractivity contribution in [3.63, 3.8) is 0 Å². The number of halogens is 1. The molecule has 6 heteroatoms. The Morgan fingerprint density at radius 1 is 1.32 bits per heavy atom. The first kappa shape index (κ1) is 22.0. The minimum atomic E-state index is 0. The Kier molecular flexibility index (Phi) is 12.5. The second kappa shape index (κ2) is 14.2. The molecule has 1 saturated carbocycles. The quantitative estimate of drug-likeness (QED) is 0.183. The molecule has 1 aliphatic rings. The lowest BCUT2D eigenvalue weighted by Crippen LogP contribution is -2.38. The standard InChI is InChI=1S/C19H31N3O2.HI/c1-2-12-20-19(22-14-11-18-10-6-15-23-18)21-13-7-16-24-17-8-4-3-5-9-17;/h2,6,10,15,17H,1,3-5,7-9,11-14,16H2,(H2,20,21,22);1H. The van der Waals surface area contributed by atoms with Crippen LogP contribution in [0, 0.1) is 0 Å². The van der Waals surface area contributed by atoms with E-state index in [0.717, 1.165) is 44.3 Å². The monoisotopic (exact) mass is 461 g/mol. The lowest BCUT2D eigenvalue weighted by atomic mass is 9.98. The van der Waals surface area contributed by atoms with Gasteiger partial charge in [-0.3, -0.25) is 4.99 Å². The Labute approximate surface area is 168 Å². The molecule has 5 nitrogen and oxygen atoms in total. The molecule has 1 aliphatic carbocycles. The summed E-state index contributed by atoms with van der Waals surface area (Å²) in [7, 11) is 0. The number of nitrogens with one attached hydrogen (secondary N) is 2. The fraction of sp³-hybridized carbons (Fsp3) is 0.632. The molecule has 0 amide bonds. The number of hydrogen-bond acceptors (Lipinski definition) is 3. The van der Waals surface area contributed by atoms with Gasteiger partial charge in [0.05, 0.1) is 12.4 Å². The Morgan fingerprint density at radius 3 is 2.88 bits per heavy atom. The van der Waals surface area contributed by atoms with Crippen molar-refractivity contribution in [2.24, 2.45) is 4.99 Å². The van der Waals surface area contributed by atoms with Crippen molar-refractivity contribution in [3.8, 4) is 0 Å². The zero-order valence-corrected chi connectivity index (χ0v) is 17.4. The van der Waals surface area contributed by atoms with Crippen molar-refractivity contribution in [1.29, 1.82) is 0 Å². The Morgan fingerprint density at radius 2 is 2.16 bits per heavy atom. The predicted octanol–water partition coefficient (Wildman–Crippen LogP) is 3.90. The number of furan rings is 1. The van der Waals surface area contributed by atoms with Gasteiger partial charge in [-0.2, -0.15) is 0 Å². The van der Waals surface area contributed by atoms with Crippen LogP contribution in [0.5, 0.6) is 0 Å². The molecule has 25 heavy (non-hydrogen) atoms. The molecule has 0 saturated heterocycles. The normalized spacial score (nSPS) is 15.4. The molecule has 0 aromatic carbocycles. The fourth-order valence-electron chi connectivity index (χ4n) is 2.84. The third-order valence-corrected chi connectivity index (χ3v) is 4.14. The molecular formula is C19H32IN3O2. The van der Waals surface area contributed by atoms with E-state index in [1.165, 1.54) is 32.1 Å². The van der Waals surface area contributed by atoms with E-state index in [0.29, 0.717) is 12.6 Å². The number of nitrogens with zero attached hydrogens (tertiary/aromatic N) is 1. The highest BCUT2D eigenvalue weighted by molar-refractivity contribution is 14.0. The lowest BCUT2D eigenvalue weighted by molar-refractivity contribution is 0.0281. The molecule has 2 N–H and O–H groups in total. The molecule has 0 aliphatic heterocycles. The van der Waals surface area contributed by atoms with E-state index in [2.05, 4.69) is 22.2 Å². The van der Waals surface area contributed by atoms with Gasteiger partial charge in [0.1, 0.15) is 5.76 Å². The molecule has 142 valence electrons. The summed E-state index contributed by atoms with van der Waals surface area (Å²) in [5.41, 5.74) is 0. The molecule has 1 aromatic heterocycles. The van der Waals surface area contributed by atoms with Gasteiger partial charge in [0, 0.05) is 32.7 Å². The first-order chi connectivity index (χ1) is 11.9. The number of hydrogen-bond donors (Lipinski definition) is 2. The highest BCUT2D eigenvalue weighted by Crippen LogP contribution is 2.20. The summed E-state index contributed by atoms with van der Waals surface area (Å²) in [4.78, 5) is 4.60. The second-order valence-corrected chi connectivity index (χ2v) is 6.14. The van der Waals surface area contributed by atoms with Crippen LogP contribution in [0.25, 0.3) is 0 Å². The average molecular weight is 461 g/mol. The van der Waals surface area contributed by atoms with Crippen LogP contribution < -0.4 is 10.6 Å². The van der Waals surface area contributed by atoms with Crippen molar-refractivity contribution >= 4 is 29.9 Å². The first-order valence-electron chi connectivity index (χ1n) is 9.15. The summed E-state index contributed by atoms with van der Waals surface area (Å²) in [6.07, 6.45) is 12.3. The predicted molar refractivity (Wildman–Crippen MR) is 114 cm³/mol. The fourth-order valence-corrected chi connectivity index (χ4v) is 2.84. The van der Waals surface area contributed by atoms with Crippen molar-refractivity contribution in [2.45, 2.75) is 51.0 Å². The van der Waals surface area contributed by atoms with Gasteiger partial charge in [-0.05, 0) is 31.4 Å². The van der Waals surface area contributed by atoms with Crippen LogP contribution in [0.4, 0.5) is 0 Å². The SMILES string of the molecule is C=CCNC(=NCCCOC1CCCCC1)NCCc1ccco1.I. The summed E-state index contributed by atoms with van der Waals surface area (Å²) in [5, 5.41) is 6.56.